The zero-order valence-electron chi connectivity index (χ0n) is 10.7. The van der Waals surface area contributed by atoms with E-state index >= 15 is 0 Å². The van der Waals surface area contributed by atoms with Crippen molar-refractivity contribution in [2.75, 3.05) is 11.9 Å². The van der Waals surface area contributed by atoms with Gasteiger partial charge in [-0.3, -0.25) is 4.79 Å². The fourth-order valence-corrected chi connectivity index (χ4v) is 3.06. The van der Waals surface area contributed by atoms with Gasteiger partial charge in [0, 0.05) is 17.3 Å². The summed E-state index contributed by atoms with van der Waals surface area (Å²) in [5.41, 5.74) is -0.220. The minimum Gasteiger partial charge on any atom is -0.355 e. The van der Waals surface area contributed by atoms with Crippen LogP contribution in [0.2, 0.25) is 0 Å². The fraction of sp³-hybridized carbons (Fsp3) is 0.923. The summed E-state index contributed by atoms with van der Waals surface area (Å²) >= 11 is 3.56. The van der Waals surface area contributed by atoms with Gasteiger partial charge in [0.2, 0.25) is 5.91 Å². The topological polar surface area (TPSA) is 29.1 Å². The maximum Gasteiger partial charge on any atom is 0.225 e. The van der Waals surface area contributed by atoms with Gasteiger partial charge in [-0.05, 0) is 31.1 Å². The van der Waals surface area contributed by atoms with Crippen LogP contribution in [0.3, 0.4) is 0 Å². The number of nitrogens with one attached hydrogen (secondary N) is 1. The molecule has 1 fully saturated rings. The maximum absolute atomic E-state index is 11.9. The predicted octanol–water partition coefficient (Wildman–Crippen LogP) is 3.35. The van der Waals surface area contributed by atoms with Crippen molar-refractivity contribution in [3.8, 4) is 0 Å². The second-order valence-corrected chi connectivity index (χ2v) is 6.20. The summed E-state index contributed by atoms with van der Waals surface area (Å²) in [7, 11) is 0. The molecule has 0 spiro atoms. The highest BCUT2D eigenvalue weighted by Gasteiger charge is 2.29. The second kappa shape index (κ2) is 6.04. The number of carbonyl (C=O) groups is 1. The van der Waals surface area contributed by atoms with Gasteiger partial charge < -0.3 is 5.32 Å². The Balaban J connectivity index is 2.37. The summed E-state index contributed by atoms with van der Waals surface area (Å²) in [5.74, 6) is 1.64. The molecule has 1 aliphatic carbocycles. The molecule has 2 unspecified atom stereocenters. The Labute approximate surface area is 108 Å². The van der Waals surface area contributed by atoms with Crippen LogP contribution in [-0.2, 0) is 4.79 Å². The van der Waals surface area contributed by atoms with E-state index in [1.54, 1.807) is 0 Å². The first-order valence-corrected chi connectivity index (χ1v) is 7.47. The van der Waals surface area contributed by atoms with Crippen molar-refractivity contribution >= 4 is 21.8 Å². The van der Waals surface area contributed by atoms with E-state index in [4.69, 9.17) is 0 Å². The molecule has 94 valence electrons. The molecule has 2 atom stereocenters. The van der Waals surface area contributed by atoms with Crippen LogP contribution in [0.25, 0.3) is 0 Å². The van der Waals surface area contributed by atoms with Crippen LogP contribution >= 0.6 is 15.9 Å². The molecular weight excluding hydrogens is 266 g/mol. The molecule has 0 bridgehead atoms. The number of amides is 1. The molecule has 1 saturated carbocycles. The Morgan fingerprint density at radius 1 is 1.38 bits per heavy atom. The van der Waals surface area contributed by atoms with Crippen LogP contribution in [0, 0.1) is 17.3 Å². The molecular formula is C13H24BrNO. The molecule has 1 N–H and O–H groups in total. The van der Waals surface area contributed by atoms with Crippen LogP contribution in [-0.4, -0.2) is 17.8 Å². The SMILES string of the molecule is CCC(C)(C)C(=O)NCC1CCCC1CBr. The molecule has 0 radical (unpaired) electrons. The van der Waals surface area contributed by atoms with Gasteiger partial charge in [0.05, 0.1) is 0 Å². The van der Waals surface area contributed by atoms with Crippen molar-refractivity contribution in [2.45, 2.75) is 46.5 Å². The van der Waals surface area contributed by atoms with Crippen molar-refractivity contribution in [2.24, 2.45) is 17.3 Å². The molecule has 0 saturated heterocycles. The highest BCUT2D eigenvalue weighted by molar-refractivity contribution is 9.09. The number of rotatable bonds is 5. The number of halogens is 1. The first-order chi connectivity index (χ1) is 7.51. The standard InChI is InChI=1S/C13H24BrNO/c1-4-13(2,3)12(16)15-9-11-7-5-6-10(11)8-14/h10-11H,4-9H2,1-3H3,(H,15,16). The lowest BCUT2D eigenvalue weighted by Gasteiger charge is -2.24. The molecule has 0 aliphatic heterocycles. The van der Waals surface area contributed by atoms with E-state index < -0.39 is 0 Å². The molecule has 0 aromatic rings. The summed E-state index contributed by atoms with van der Waals surface area (Å²) < 4.78 is 0. The van der Waals surface area contributed by atoms with Crippen molar-refractivity contribution in [3.63, 3.8) is 0 Å². The predicted molar refractivity (Wildman–Crippen MR) is 71.7 cm³/mol. The third kappa shape index (κ3) is 3.47. The Bertz CT molecular complexity index is 240. The minimum atomic E-state index is -0.220. The number of carbonyl (C=O) groups excluding carboxylic acids is 1. The Morgan fingerprint density at radius 2 is 2.00 bits per heavy atom. The normalized spacial score (nSPS) is 25.8. The zero-order valence-corrected chi connectivity index (χ0v) is 12.3. The van der Waals surface area contributed by atoms with Gasteiger partial charge in [-0.2, -0.15) is 0 Å². The highest BCUT2D eigenvalue weighted by Crippen LogP contribution is 2.32. The van der Waals surface area contributed by atoms with Crippen molar-refractivity contribution in [1.82, 2.24) is 5.32 Å². The summed E-state index contributed by atoms with van der Waals surface area (Å²) in [6.07, 6.45) is 4.78. The van der Waals surface area contributed by atoms with Crippen molar-refractivity contribution in [3.05, 3.63) is 0 Å². The average molecular weight is 290 g/mol. The smallest absolute Gasteiger partial charge is 0.225 e. The lowest BCUT2D eigenvalue weighted by molar-refractivity contribution is -0.129. The summed E-state index contributed by atoms with van der Waals surface area (Å²) in [6, 6.07) is 0. The van der Waals surface area contributed by atoms with Crippen molar-refractivity contribution < 1.29 is 4.79 Å². The zero-order chi connectivity index (χ0) is 12.2. The fourth-order valence-electron chi connectivity index (χ4n) is 2.21. The first-order valence-electron chi connectivity index (χ1n) is 6.35. The van der Waals surface area contributed by atoms with Crippen LogP contribution in [0.1, 0.15) is 46.5 Å². The maximum atomic E-state index is 11.9. The summed E-state index contributed by atoms with van der Waals surface area (Å²) in [4.78, 5) is 11.9. The quantitative estimate of drug-likeness (QED) is 0.773. The molecule has 0 aromatic carbocycles. The van der Waals surface area contributed by atoms with Crippen LogP contribution < -0.4 is 5.32 Å². The van der Waals surface area contributed by atoms with Crippen LogP contribution in [0.5, 0.6) is 0 Å². The number of hydrogen-bond donors (Lipinski definition) is 1. The van der Waals surface area contributed by atoms with Gasteiger partial charge >= 0.3 is 0 Å². The van der Waals surface area contributed by atoms with Gasteiger partial charge in [0.15, 0.2) is 0 Å². The summed E-state index contributed by atoms with van der Waals surface area (Å²) in [5, 5.41) is 4.19. The van der Waals surface area contributed by atoms with Gasteiger partial charge in [-0.15, -0.1) is 0 Å². The van der Waals surface area contributed by atoms with E-state index in [0.29, 0.717) is 5.92 Å². The van der Waals surface area contributed by atoms with E-state index in [-0.39, 0.29) is 11.3 Å². The molecule has 1 rings (SSSR count). The Kier molecular flexibility index (Phi) is 5.29. The molecule has 16 heavy (non-hydrogen) atoms. The molecule has 3 heteroatoms. The first kappa shape index (κ1) is 14.0. The van der Waals surface area contributed by atoms with Crippen LogP contribution in [0.4, 0.5) is 0 Å². The average Bonchev–Trinajstić information content (AvgIpc) is 2.72. The third-order valence-electron chi connectivity index (χ3n) is 4.04. The number of hydrogen-bond acceptors (Lipinski definition) is 1. The minimum absolute atomic E-state index is 0.204. The Hall–Kier alpha value is -0.0500. The van der Waals surface area contributed by atoms with Crippen molar-refractivity contribution in [1.29, 1.82) is 0 Å². The lowest BCUT2D eigenvalue weighted by atomic mass is 9.88. The highest BCUT2D eigenvalue weighted by atomic mass is 79.9. The molecule has 1 amide bonds. The van der Waals surface area contributed by atoms with E-state index in [0.717, 1.165) is 24.2 Å². The van der Waals surface area contributed by atoms with Gasteiger partial charge in [-0.1, -0.05) is 43.1 Å². The van der Waals surface area contributed by atoms with Gasteiger partial charge in [0.1, 0.15) is 0 Å². The second-order valence-electron chi connectivity index (χ2n) is 5.55. The monoisotopic (exact) mass is 289 g/mol. The third-order valence-corrected chi connectivity index (χ3v) is 4.87. The lowest BCUT2D eigenvalue weighted by Crippen LogP contribution is -2.39. The van der Waals surface area contributed by atoms with Crippen LogP contribution in [0.15, 0.2) is 0 Å². The molecule has 2 nitrogen and oxygen atoms in total. The molecule has 0 heterocycles. The van der Waals surface area contributed by atoms with Gasteiger partial charge in [0.25, 0.3) is 0 Å². The Morgan fingerprint density at radius 3 is 2.56 bits per heavy atom. The largest absolute Gasteiger partial charge is 0.355 e. The molecule has 1 aliphatic rings. The van der Waals surface area contributed by atoms with E-state index in [1.807, 2.05) is 13.8 Å². The number of alkyl halides is 1. The van der Waals surface area contributed by atoms with E-state index in [2.05, 4.69) is 28.2 Å². The molecule has 0 aromatic heterocycles. The van der Waals surface area contributed by atoms with Gasteiger partial charge in [-0.25, -0.2) is 0 Å². The summed E-state index contributed by atoms with van der Waals surface area (Å²) in [6.45, 7) is 6.95. The van der Waals surface area contributed by atoms with E-state index in [9.17, 15) is 4.79 Å². The van der Waals surface area contributed by atoms with E-state index in [1.165, 1.54) is 19.3 Å².